The van der Waals surface area contributed by atoms with E-state index < -0.39 is 25.7 Å². The molecule has 3 rings (SSSR count). The average Bonchev–Trinajstić information content (AvgIpc) is 2.76. The second-order valence-corrected chi connectivity index (χ2v) is 15.2. The van der Waals surface area contributed by atoms with Crippen molar-refractivity contribution < 1.29 is 18.0 Å². The molecule has 0 aliphatic carbocycles. The van der Waals surface area contributed by atoms with Gasteiger partial charge in [-0.15, -0.1) is 0 Å². The number of carbonyl (C=O) groups is 1. The van der Waals surface area contributed by atoms with E-state index in [0.29, 0.717) is 18.0 Å². The fraction of sp³-hybridized carbons (Fsp3) is 0.269. The number of benzene rings is 3. The Morgan fingerprint density at radius 2 is 1.44 bits per heavy atom. The lowest BCUT2D eigenvalue weighted by Crippen LogP contribution is -2.37. The average molecular weight is 524 g/mol. The van der Waals surface area contributed by atoms with Crippen LogP contribution in [0, 0.1) is 0 Å². The standard InChI is InChI=1S/C26H26Cl2F3NOSi/c1-34(2,3)24-10-6-19(7-11-24)17-32(13-12-18-4-8-22(27)9-5-18)25(33)20-14-21(26(29,30)31)16-23(28)15-20/h4-11,14-16H,12-13,17H2,1-3H3. The third-order valence-corrected chi connectivity index (χ3v) is 8.07. The smallest absolute Gasteiger partial charge is 0.334 e. The zero-order valence-corrected chi connectivity index (χ0v) is 21.7. The second kappa shape index (κ2) is 10.5. The van der Waals surface area contributed by atoms with Crippen molar-refractivity contribution in [2.45, 2.75) is 38.8 Å². The van der Waals surface area contributed by atoms with E-state index in [1.807, 2.05) is 24.3 Å². The van der Waals surface area contributed by atoms with Crippen molar-refractivity contribution in [3.05, 3.63) is 99.0 Å². The summed E-state index contributed by atoms with van der Waals surface area (Å²) in [4.78, 5) is 14.9. The Labute approximate surface area is 209 Å². The topological polar surface area (TPSA) is 20.3 Å². The molecule has 0 aliphatic rings. The van der Waals surface area contributed by atoms with Gasteiger partial charge in [0.05, 0.1) is 13.6 Å². The van der Waals surface area contributed by atoms with Crippen molar-refractivity contribution in [3.8, 4) is 0 Å². The van der Waals surface area contributed by atoms with Gasteiger partial charge < -0.3 is 4.90 Å². The molecule has 0 N–H and O–H groups in total. The molecule has 180 valence electrons. The van der Waals surface area contributed by atoms with Gasteiger partial charge in [-0.05, 0) is 47.9 Å². The van der Waals surface area contributed by atoms with Crippen molar-refractivity contribution in [1.82, 2.24) is 4.90 Å². The fourth-order valence-corrected chi connectivity index (χ4v) is 5.09. The van der Waals surface area contributed by atoms with Crippen LogP contribution < -0.4 is 5.19 Å². The minimum Gasteiger partial charge on any atom is -0.334 e. The predicted molar refractivity (Wildman–Crippen MR) is 136 cm³/mol. The number of halogens is 5. The fourth-order valence-electron chi connectivity index (χ4n) is 3.56. The normalized spacial score (nSPS) is 12.0. The number of nitrogens with zero attached hydrogens (tertiary/aromatic N) is 1. The van der Waals surface area contributed by atoms with Crippen LogP contribution in [0.1, 0.15) is 27.0 Å². The summed E-state index contributed by atoms with van der Waals surface area (Å²) in [5.74, 6) is -0.503. The Morgan fingerprint density at radius 3 is 2.00 bits per heavy atom. The van der Waals surface area contributed by atoms with Crippen LogP contribution in [0.4, 0.5) is 13.2 Å². The maximum absolute atomic E-state index is 13.4. The summed E-state index contributed by atoms with van der Waals surface area (Å²) in [6.45, 7) is 7.35. The molecular weight excluding hydrogens is 498 g/mol. The molecule has 0 heterocycles. The van der Waals surface area contributed by atoms with E-state index >= 15 is 0 Å². The van der Waals surface area contributed by atoms with Crippen molar-refractivity contribution in [1.29, 1.82) is 0 Å². The van der Waals surface area contributed by atoms with Crippen molar-refractivity contribution >= 4 is 42.4 Å². The third kappa shape index (κ3) is 7.11. The van der Waals surface area contributed by atoms with Crippen LogP contribution >= 0.6 is 23.2 Å². The number of hydrogen-bond acceptors (Lipinski definition) is 1. The minimum atomic E-state index is -4.60. The number of hydrogen-bond donors (Lipinski definition) is 0. The van der Waals surface area contributed by atoms with Gasteiger partial charge in [-0.1, -0.05) is 84.4 Å². The number of amides is 1. The number of rotatable bonds is 7. The van der Waals surface area contributed by atoms with Crippen LogP contribution in [0.3, 0.4) is 0 Å². The highest BCUT2D eigenvalue weighted by atomic mass is 35.5. The number of alkyl halides is 3. The van der Waals surface area contributed by atoms with Crippen LogP contribution in [-0.4, -0.2) is 25.4 Å². The molecule has 0 spiro atoms. The maximum Gasteiger partial charge on any atom is 0.416 e. The summed E-state index contributed by atoms with van der Waals surface area (Å²) in [5.41, 5.74) is 0.845. The third-order valence-electron chi connectivity index (χ3n) is 5.54. The zero-order valence-electron chi connectivity index (χ0n) is 19.2. The van der Waals surface area contributed by atoms with Crippen molar-refractivity contribution in [3.63, 3.8) is 0 Å². The first kappa shape index (κ1) is 26.3. The molecule has 0 saturated carbocycles. The van der Waals surface area contributed by atoms with Crippen LogP contribution in [0.25, 0.3) is 0 Å². The molecule has 2 nitrogen and oxygen atoms in total. The summed E-state index contributed by atoms with van der Waals surface area (Å²) >= 11 is 11.9. The first-order chi connectivity index (χ1) is 15.8. The van der Waals surface area contributed by atoms with Gasteiger partial charge in [0.15, 0.2) is 0 Å². The molecule has 0 radical (unpaired) electrons. The van der Waals surface area contributed by atoms with Gasteiger partial charge in [0.2, 0.25) is 0 Å². The Morgan fingerprint density at radius 1 is 0.853 bits per heavy atom. The van der Waals surface area contributed by atoms with Gasteiger partial charge in [0.1, 0.15) is 0 Å². The monoisotopic (exact) mass is 523 g/mol. The first-order valence-corrected chi connectivity index (χ1v) is 15.1. The molecule has 3 aromatic carbocycles. The summed E-state index contributed by atoms with van der Waals surface area (Å²) in [6.07, 6.45) is -4.07. The Bertz CT molecular complexity index is 1140. The van der Waals surface area contributed by atoms with E-state index in [-0.39, 0.29) is 17.1 Å². The Hall–Kier alpha value is -2.28. The lowest BCUT2D eigenvalue weighted by atomic mass is 10.1. The molecule has 0 fully saturated rings. The summed E-state index contributed by atoms with van der Waals surface area (Å²) < 4.78 is 39.9. The van der Waals surface area contributed by atoms with Gasteiger partial charge in [0, 0.05) is 28.7 Å². The predicted octanol–water partition coefficient (Wildman–Crippen LogP) is 7.44. The van der Waals surface area contributed by atoms with Gasteiger partial charge >= 0.3 is 6.18 Å². The van der Waals surface area contributed by atoms with Gasteiger partial charge in [0.25, 0.3) is 5.91 Å². The molecule has 0 aliphatic heterocycles. The SMILES string of the molecule is C[Si](C)(C)c1ccc(CN(CCc2ccc(Cl)cc2)C(=O)c2cc(Cl)cc(C(F)(F)F)c2)cc1. The summed E-state index contributed by atoms with van der Waals surface area (Å²) in [5, 5.41) is 1.77. The molecule has 0 aromatic heterocycles. The first-order valence-electron chi connectivity index (χ1n) is 10.8. The van der Waals surface area contributed by atoms with E-state index in [2.05, 4.69) is 31.8 Å². The molecule has 8 heteroatoms. The van der Waals surface area contributed by atoms with Gasteiger partial charge in [-0.25, -0.2) is 0 Å². The largest absolute Gasteiger partial charge is 0.416 e. The molecular formula is C26H26Cl2F3NOSi. The lowest BCUT2D eigenvalue weighted by Gasteiger charge is -2.24. The minimum absolute atomic E-state index is 0.0883. The van der Waals surface area contributed by atoms with E-state index in [1.165, 1.54) is 11.3 Å². The second-order valence-electron chi connectivity index (χ2n) is 9.28. The molecule has 0 unspecified atom stereocenters. The molecule has 0 saturated heterocycles. The Balaban J connectivity index is 1.89. The molecule has 3 aromatic rings. The summed E-state index contributed by atoms with van der Waals surface area (Å²) in [7, 11) is -1.48. The molecule has 1 amide bonds. The van der Waals surface area contributed by atoms with Gasteiger partial charge in [-0.2, -0.15) is 13.2 Å². The lowest BCUT2D eigenvalue weighted by molar-refractivity contribution is -0.137. The highest BCUT2D eigenvalue weighted by Gasteiger charge is 2.32. The number of carbonyl (C=O) groups excluding carboxylic acids is 1. The molecule has 0 bridgehead atoms. The van der Waals surface area contributed by atoms with E-state index in [9.17, 15) is 18.0 Å². The molecule has 34 heavy (non-hydrogen) atoms. The quantitative estimate of drug-likeness (QED) is 0.294. The van der Waals surface area contributed by atoms with Crippen LogP contribution in [0.15, 0.2) is 66.7 Å². The van der Waals surface area contributed by atoms with E-state index in [1.54, 1.807) is 17.0 Å². The van der Waals surface area contributed by atoms with Crippen molar-refractivity contribution in [2.75, 3.05) is 6.54 Å². The van der Waals surface area contributed by atoms with E-state index in [4.69, 9.17) is 23.2 Å². The van der Waals surface area contributed by atoms with Crippen molar-refractivity contribution in [2.24, 2.45) is 0 Å². The zero-order chi connectivity index (χ0) is 25.1. The van der Waals surface area contributed by atoms with Crippen LogP contribution in [0.2, 0.25) is 29.7 Å². The van der Waals surface area contributed by atoms with Crippen LogP contribution in [0.5, 0.6) is 0 Å². The van der Waals surface area contributed by atoms with E-state index in [0.717, 1.165) is 23.3 Å². The maximum atomic E-state index is 13.4. The molecule has 0 atom stereocenters. The van der Waals surface area contributed by atoms with Crippen LogP contribution in [-0.2, 0) is 19.1 Å². The van der Waals surface area contributed by atoms with Gasteiger partial charge in [-0.3, -0.25) is 4.79 Å². The Kier molecular flexibility index (Phi) is 8.16. The highest BCUT2D eigenvalue weighted by Crippen LogP contribution is 2.32. The summed E-state index contributed by atoms with van der Waals surface area (Å²) in [6, 6.07) is 18.4. The highest BCUT2D eigenvalue weighted by molar-refractivity contribution is 6.88.